The van der Waals surface area contributed by atoms with Gasteiger partial charge >= 0.3 is 5.97 Å². The molecule has 0 spiro atoms. The highest BCUT2D eigenvalue weighted by atomic mass is 16.4. The number of hydrogen-bond acceptors (Lipinski definition) is 5. The van der Waals surface area contributed by atoms with Gasteiger partial charge in [-0.3, -0.25) is 14.8 Å². The van der Waals surface area contributed by atoms with Gasteiger partial charge in [-0.25, -0.2) is 4.98 Å². The van der Waals surface area contributed by atoms with Crippen LogP contribution in [-0.4, -0.2) is 74.8 Å². The second kappa shape index (κ2) is 12.6. The average molecular weight is 542 g/mol. The fraction of sp³-hybridized carbons (Fsp3) is 0.545. The number of aromatic amines is 1. The molecular weight excluding hydrogens is 498 g/mol. The van der Waals surface area contributed by atoms with E-state index in [1.807, 2.05) is 6.07 Å². The maximum Gasteiger partial charge on any atom is 0.321 e. The number of hydrogen-bond donors (Lipinski definition) is 2. The van der Waals surface area contributed by atoms with Crippen molar-refractivity contribution in [3.05, 3.63) is 83.4 Å². The number of H-pyrrole nitrogens is 1. The molecule has 3 fully saturated rings. The Morgan fingerprint density at radius 1 is 0.925 bits per heavy atom. The molecule has 3 aliphatic rings. The number of piperidine rings is 1. The fourth-order valence-corrected chi connectivity index (χ4v) is 7.57. The molecule has 3 unspecified atom stereocenters. The first-order valence-corrected chi connectivity index (χ1v) is 15.3. The maximum atomic E-state index is 12.5. The van der Waals surface area contributed by atoms with Crippen molar-refractivity contribution in [2.45, 2.75) is 69.2 Å². The predicted octanol–water partition coefficient (Wildman–Crippen LogP) is 5.32. The van der Waals surface area contributed by atoms with Crippen molar-refractivity contribution in [2.75, 3.05) is 32.7 Å². The average Bonchev–Trinajstić information content (AvgIpc) is 3.62. The first kappa shape index (κ1) is 27.2. The summed E-state index contributed by atoms with van der Waals surface area (Å²) in [5, 5.41) is 18.1. The van der Waals surface area contributed by atoms with Crippen LogP contribution in [0.5, 0.6) is 0 Å². The van der Waals surface area contributed by atoms with E-state index in [4.69, 9.17) is 4.98 Å². The Morgan fingerprint density at radius 2 is 1.62 bits per heavy atom. The van der Waals surface area contributed by atoms with Crippen molar-refractivity contribution < 1.29 is 9.90 Å². The number of carbonyl (C=O) groups is 1. The fourth-order valence-electron chi connectivity index (χ4n) is 7.57. The Morgan fingerprint density at radius 3 is 2.33 bits per heavy atom. The Bertz CT molecular complexity index is 1220. The van der Waals surface area contributed by atoms with Crippen LogP contribution in [0.25, 0.3) is 0 Å². The van der Waals surface area contributed by atoms with E-state index in [1.54, 1.807) is 0 Å². The van der Waals surface area contributed by atoms with E-state index in [0.717, 1.165) is 76.5 Å². The lowest BCUT2D eigenvalue weighted by Crippen LogP contribution is -2.46. The van der Waals surface area contributed by atoms with Crippen molar-refractivity contribution in [2.24, 2.45) is 11.8 Å². The Balaban J connectivity index is 1.09. The Hall–Kier alpha value is -3.03. The standard InChI is InChI=1S/C33H43N5O2/c39-33(40)31(26-14-8-3-9-15-26)38-22-28(29(23-38)25-12-6-2-7-13-25)21-37-18-16-27(17-19-37)32-34-30(35-36-32)20-24-10-4-1-5-11-24/h1-2,4-7,10-13,26-29,31H,3,8-9,14-23H2,(H,39,40)(H,34,35,36). The van der Waals surface area contributed by atoms with E-state index in [2.05, 4.69) is 74.6 Å². The highest BCUT2D eigenvalue weighted by Gasteiger charge is 2.43. The summed E-state index contributed by atoms with van der Waals surface area (Å²) >= 11 is 0. The predicted molar refractivity (Wildman–Crippen MR) is 156 cm³/mol. The van der Waals surface area contributed by atoms with Gasteiger partial charge in [0.05, 0.1) is 0 Å². The van der Waals surface area contributed by atoms with Crippen LogP contribution in [0.2, 0.25) is 0 Å². The Labute approximate surface area is 238 Å². The molecule has 3 heterocycles. The summed E-state index contributed by atoms with van der Waals surface area (Å²) in [6, 6.07) is 20.9. The molecular formula is C33H43N5O2. The van der Waals surface area contributed by atoms with Gasteiger partial charge in [-0.15, -0.1) is 0 Å². The van der Waals surface area contributed by atoms with Crippen molar-refractivity contribution >= 4 is 5.97 Å². The summed E-state index contributed by atoms with van der Waals surface area (Å²) in [5.41, 5.74) is 2.59. The summed E-state index contributed by atoms with van der Waals surface area (Å²) in [7, 11) is 0. The molecule has 7 nitrogen and oxygen atoms in total. The van der Waals surface area contributed by atoms with Crippen LogP contribution in [0, 0.1) is 11.8 Å². The normalized spacial score (nSPS) is 24.3. The van der Waals surface area contributed by atoms with Crippen LogP contribution < -0.4 is 0 Å². The van der Waals surface area contributed by atoms with Crippen molar-refractivity contribution in [3.63, 3.8) is 0 Å². The smallest absolute Gasteiger partial charge is 0.321 e. The second-order valence-electron chi connectivity index (χ2n) is 12.3. The van der Waals surface area contributed by atoms with Crippen LogP contribution in [0.3, 0.4) is 0 Å². The molecule has 0 bridgehead atoms. The minimum absolute atomic E-state index is 0.283. The summed E-state index contributed by atoms with van der Waals surface area (Å²) in [4.78, 5) is 22.3. The van der Waals surface area contributed by atoms with Gasteiger partial charge in [0, 0.05) is 37.9 Å². The van der Waals surface area contributed by atoms with E-state index in [0.29, 0.717) is 17.8 Å². The van der Waals surface area contributed by atoms with Gasteiger partial charge < -0.3 is 10.0 Å². The summed E-state index contributed by atoms with van der Waals surface area (Å²) in [6.07, 6.45) is 8.60. The number of nitrogens with zero attached hydrogens (tertiary/aromatic N) is 4. The van der Waals surface area contributed by atoms with E-state index >= 15 is 0 Å². The van der Waals surface area contributed by atoms with Gasteiger partial charge in [0.1, 0.15) is 11.9 Å². The molecule has 3 aromatic rings. The second-order valence-corrected chi connectivity index (χ2v) is 12.3. The van der Waals surface area contributed by atoms with Gasteiger partial charge in [-0.1, -0.05) is 79.9 Å². The number of nitrogens with one attached hydrogen (secondary N) is 1. The van der Waals surface area contributed by atoms with E-state index in [9.17, 15) is 9.90 Å². The quantitative estimate of drug-likeness (QED) is 0.381. The lowest BCUT2D eigenvalue weighted by Gasteiger charge is -2.35. The zero-order chi connectivity index (χ0) is 27.3. The van der Waals surface area contributed by atoms with Crippen molar-refractivity contribution in [1.82, 2.24) is 25.0 Å². The molecule has 212 valence electrons. The maximum absolute atomic E-state index is 12.5. The first-order valence-electron chi connectivity index (χ1n) is 15.3. The molecule has 2 saturated heterocycles. The summed E-state index contributed by atoms with van der Waals surface area (Å²) in [5.74, 6) is 2.75. The molecule has 3 atom stereocenters. The van der Waals surface area contributed by atoms with Gasteiger partial charge in [0.15, 0.2) is 5.82 Å². The number of benzene rings is 2. The summed E-state index contributed by atoms with van der Waals surface area (Å²) in [6.45, 7) is 4.82. The molecule has 6 rings (SSSR count). The number of aromatic nitrogens is 3. The third kappa shape index (κ3) is 6.31. The Kier molecular flexibility index (Phi) is 8.59. The molecule has 7 heteroatoms. The molecule has 1 saturated carbocycles. The minimum atomic E-state index is -0.627. The van der Waals surface area contributed by atoms with Gasteiger partial charge in [0.2, 0.25) is 0 Å². The van der Waals surface area contributed by atoms with Gasteiger partial charge in [0.25, 0.3) is 0 Å². The lowest BCUT2D eigenvalue weighted by molar-refractivity contribution is -0.145. The van der Waals surface area contributed by atoms with Crippen LogP contribution in [-0.2, 0) is 11.2 Å². The lowest BCUT2D eigenvalue weighted by atomic mass is 9.83. The largest absolute Gasteiger partial charge is 0.480 e. The monoisotopic (exact) mass is 541 g/mol. The molecule has 2 aromatic carbocycles. The molecule has 1 aliphatic carbocycles. The van der Waals surface area contributed by atoms with Gasteiger partial charge in [-0.05, 0) is 61.7 Å². The minimum Gasteiger partial charge on any atom is -0.480 e. The van der Waals surface area contributed by atoms with Crippen molar-refractivity contribution in [1.29, 1.82) is 0 Å². The number of rotatable bonds is 9. The molecule has 0 radical (unpaired) electrons. The highest BCUT2D eigenvalue weighted by Crippen LogP contribution is 2.39. The molecule has 1 aromatic heterocycles. The van der Waals surface area contributed by atoms with E-state index < -0.39 is 5.97 Å². The molecule has 2 N–H and O–H groups in total. The number of aliphatic carboxylic acids is 1. The zero-order valence-electron chi connectivity index (χ0n) is 23.5. The van der Waals surface area contributed by atoms with Crippen LogP contribution in [0.1, 0.15) is 79.6 Å². The number of carboxylic acids is 1. The van der Waals surface area contributed by atoms with Gasteiger partial charge in [-0.2, -0.15) is 5.10 Å². The highest BCUT2D eigenvalue weighted by molar-refractivity contribution is 5.74. The van der Waals surface area contributed by atoms with Crippen LogP contribution in [0.15, 0.2) is 60.7 Å². The molecule has 0 amide bonds. The zero-order valence-corrected chi connectivity index (χ0v) is 23.5. The van der Waals surface area contributed by atoms with Crippen LogP contribution in [0.4, 0.5) is 0 Å². The molecule has 40 heavy (non-hydrogen) atoms. The third-order valence-corrected chi connectivity index (χ3v) is 9.65. The SMILES string of the molecule is O=C(O)C(C1CCCCC1)N1CC(CN2CCC(c3n[nH]c(Cc4ccccc4)n3)CC2)C(c2ccccc2)C1. The van der Waals surface area contributed by atoms with Crippen molar-refractivity contribution in [3.8, 4) is 0 Å². The third-order valence-electron chi connectivity index (χ3n) is 9.65. The number of likely N-dealkylation sites (tertiary alicyclic amines) is 2. The summed E-state index contributed by atoms with van der Waals surface area (Å²) < 4.78 is 0. The van der Waals surface area contributed by atoms with E-state index in [1.165, 1.54) is 30.4 Å². The van der Waals surface area contributed by atoms with Crippen LogP contribution >= 0.6 is 0 Å². The first-order chi connectivity index (χ1) is 19.6. The molecule has 2 aliphatic heterocycles. The van der Waals surface area contributed by atoms with E-state index in [-0.39, 0.29) is 12.0 Å². The number of carboxylic acid groups (broad SMARTS) is 1. The topological polar surface area (TPSA) is 85.4 Å².